The Balaban J connectivity index is 1.42. The number of furan rings is 1. The van der Waals surface area contributed by atoms with Gasteiger partial charge in [-0.25, -0.2) is 0 Å². The normalized spacial score (nSPS) is 12.2. The number of nitrogens with one attached hydrogen (secondary N) is 1. The topological polar surface area (TPSA) is 130 Å². The number of carbonyl (C=O) groups excluding carboxylic acids is 1. The van der Waals surface area contributed by atoms with Crippen molar-refractivity contribution in [1.29, 1.82) is 0 Å². The molecule has 4 rings (SSSR count). The van der Waals surface area contributed by atoms with Gasteiger partial charge >= 0.3 is 5.88 Å². The summed E-state index contributed by atoms with van der Waals surface area (Å²) in [5, 5.41) is 17.0. The summed E-state index contributed by atoms with van der Waals surface area (Å²) in [5.74, 6) is 0.534. The van der Waals surface area contributed by atoms with Crippen molar-refractivity contribution < 1.29 is 28.1 Å². The van der Waals surface area contributed by atoms with Crippen LogP contribution in [0.5, 0.6) is 11.5 Å². The molecule has 0 fully saturated rings. The number of hydrogen-bond acceptors (Lipinski definition) is 8. The minimum absolute atomic E-state index is 0.0708. The third-order valence-electron chi connectivity index (χ3n) is 3.64. The predicted octanol–water partition coefficient (Wildman–Crippen LogP) is 2.50. The van der Waals surface area contributed by atoms with Gasteiger partial charge in [-0.2, -0.15) is 0 Å². The maximum absolute atomic E-state index is 11.9. The molecule has 26 heavy (non-hydrogen) atoms. The van der Waals surface area contributed by atoms with Crippen LogP contribution in [-0.2, 0) is 6.54 Å². The molecular weight excluding hydrogens is 346 g/mol. The van der Waals surface area contributed by atoms with Gasteiger partial charge in [-0.3, -0.25) is 14.9 Å². The second kappa shape index (κ2) is 6.24. The average molecular weight is 357 g/mol. The molecule has 0 bridgehead atoms. The third kappa shape index (κ3) is 2.95. The molecular formula is C16H11N3O7. The molecule has 3 heterocycles. The number of aromatic nitrogens is 1. The number of benzene rings is 1. The highest BCUT2D eigenvalue weighted by Gasteiger charge is 2.18. The third-order valence-corrected chi connectivity index (χ3v) is 3.64. The lowest BCUT2D eigenvalue weighted by Crippen LogP contribution is -2.22. The standard InChI is InChI=1S/C16H11N3O7/c20-16(12-3-4-15(25-12)19(21)22)17-7-10-6-13(26-18-10)9-1-2-11-14(5-9)24-8-23-11/h1-6H,7-8H2,(H,17,20). The number of amides is 1. The zero-order chi connectivity index (χ0) is 18.1. The first kappa shape index (κ1) is 15.7. The second-order valence-electron chi connectivity index (χ2n) is 5.33. The predicted molar refractivity (Wildman–Crippen MR) is 84.6 cm³/mol. The van der Waals surface area contributed by atoms with Gasteiger partial charge in [0, 0.05) is 11.6 Å². The first-order valence-electron chi connectivity index (χ1n) is 7.48. The Morgan fingerprint density at radius 2 is 2.04 bits per heavy atom. The summed E-state index contributed by atoms with van der Waals surface area (Å²) >= 11 is 0. The molecule has 0 aliphatic carbocycles. The monoisotopic (exact) mass is 357 g/mol. The Morgan fingerprint density at radius 3 is 2.85 bits per heavy atom. The number of hydrogen-bond donors (Lipinski definition) is 1. The van der Waals surface area contributed by atoms with E-state index in [-0.39, 0.29) is 19.1 Å². The maximum Gasteiger partial charge on any atom is 0.433 e. The molecule has 0 unspecified atom stereocenters. The smallest absolute Gasteiger partial charge is 0.433 e. The van der Waals surface area contributed by atoms with E-state index in [1.165, 1.54) is 6.07 Å². The molecule has 1 N–H and O–H groups in total. The molecule has 3 aromatic rings. The van der Waals surface area contributed by atoms with Crippen LogP contribution >= 0.6 is 0 Å². The van der Waals surface area contributed by atoms with Gasteiger partial charge in [0.1, 0.15) is 10.6 Å². The molecule has 0 radical (unpaired) electrons. The van der Waals surface area contributed by atoms with Gasteiger partial charge in [-0.05, 0) is 24.3 Å². The fourth-order valence-electron chi connectivity index (χ4n) is 2.39. The minimum Gasteiger partial charge on any atom is -0.454 e. The number of fused-ring (bicyclic) bond motifs is 1. The average Bonchev–Trinajstić information content (AvgIpc) is 3.38. The molecule has 1 aliphatic heterocycles. The van der Waals surface area contributed by atoms with Crippen molar-refractivity contribution in [3.63, 3.8) is 0 Å². The second-order valence-corrected chi connectivity index (χ2v) is 5.33. The Kier molecular flexibility index (Phi) is 3.77. The van der Waals surface area contributed by atoms with Crippen LogP contribution in [0.4, 0.5) is 5.88 Å². The van der Waals surface area contributed by atoms with Crippen LogP contribution in [0.2, 0.25) is 0 Å². The van der Waals surface area contributed by atoms with Crippen LogP contribution in [0, 0.1) is 10.1 Å². The van der Waals surface area contributed by atoms with Crippen molar-refractivity contribution in [2.75, 3.05) is 6.79 Å². The summed E-state index contributed by atoms with van der Waals surface area (Å²) in [4.78, 5) is 21.8. The van der Waals surface area contributed by atoms with Crippen molar-refractivity contribution in [2.45, 2.75) is 6.54 Å². The zero-order valence-electron chi connectivity index (χ0n) is 13.1. The first-order valence-corrected chi connectivity index (χ1v) is 7.48. The zero-order valence-corrected chi connectivity index (χ0v) is 13.1. The molecule has 1 amide bonds. The molecule has 1 aliphatic rings. The number of carbonyl (C=O) groups is 1. The summed E-state index contributed by atoms with van der Waals surface area (Å²) in [6, 6.07) is 9.36. The molecule has 10 nitrogen and oxygen atoms in total. The van der Waals surface area contributed by atoms with Crippen LogP contribution in [0.3, 0.4) is 0 Å². The summed E-state index contributed by atoms with van der Waals surface area (Å²) in [5.41, 5.74) is 1.23. The highest BCUT2D eigenvalue weighted by Crippen LogP contribution is 2.36. The van der Waals surface area contributed by atoms with Crippen molar-refractivity contribution in [3.05, 3.63) is 58.0 Å². The summed E-state index contributed by atoms with van der Waals surface area (Å²) < 4.78 is 20.7. The molecule has 0 saturated carbocycles. The quantitative estimate of drug-likeness (QED) is 0.544. The summed E-state index contributed by atoms with van der Waals surface area (Å²) in [6.07, 6.45) is 0. The fourth-order valence-corrected chi connectivity index (χ4v) is 2.39. The van der Waals surface area contributed by atoms with Crippen molar-refractivity contribution in [2.24, 2.45) is 0 Å². The van der Waals surface area contributed by atoms with Crippen LogP contribution in [0.15, 0.2) is 45.3 Å². The van der Waals surface area contributed by atoms with Gasteiger partial charge in [0.25, 0.3) is 5.91 Å². The minimum atomic E-state index is -0.716. The highest BCUT2D eigenvalue weighted by molar-refractivity contribution is 5.91. The molecule has 1 aromatic carbocycles. The van der Waals surface area contributed by atoms with Gasteiger partial charge in [-0.15, -0.1) is 0 Å². The van der Waals surface area contributed by atoms with Gasteiger partial charge < -0.3 is 23.7 Å². The van der Waals surface area contributed by atoms with Gasteiger partial charge in [0.05, 0.1) is 12.6 Å². The molecule has 10 heteroatoms. The van der Waals surface area contributed by atoms with E-state index < -0.39 is 16.7 Å². The van der Waals surface area contributed by atoms with E-state index in [1.807, 2.05) is 0 Å². The van der Waals surface area contributed by atoms with Crippen molar-refractivity contribution >= 4 is 11.8 Å². The Bertz CT molecular complexity index is 991. The SMILES string of the molecule is O=C(NCc1cc(-c2ccc3c(c2)OCO3)on1)c1ccc([N+](=O)[O-])o1. The van der Waals surface area contributed by atoms with E-state index in [4.69, 9.17) is 18.4 Å². The van der Waals surface area contributed by atoms with Gasteiger partial charge in [0.2, 0.25) is 6.79 Å². The lowest BCUT2D eigenvalue weighted by molar-refractivity contribution is -0.402. The number of rotatable bonds is 5. The number of nitro groups is 1. The van der Waals surface area contributed by atoms with E-state index >= 15 is 0 Å². The van der Waals surface area contributed by atoms with E-state index in [0.717, 1.165) is 11.6 Å². The lowest BCUT2D eigenvalue weighted by atomic mass is 10.1. The number of ether oxygens (including phenoxy) is 2. The van der Waals surface area contributed by atoms with E-state index in [0.29, 0.717) is 23.0 Å². The largest absolute Gasteiger partial charge is 0.454 e. The summed E-state index contributed by atoms with van der Waals surface area (Å²) in [6.45, 7) is 0.249. The Morgan fingerprint density at radius 1 is 1.19 bits per heavy atom. The summed E-state index contributed by atoms with van der Waals surface area (Å²) in [7, 11) is 0. The molecule has 132 valence electrons. The molecule has 0 saturated heterocycles. The van der Waals surface area contributed by atoms with E-state index in [1.54, 1.807) is 24.3 Å². The lowest BCUT2D eigenvalue weighted by Gasteiger charge is -1.99. The molecule has 0 atom stereocenters. The first-order chi connectivity index (χ1) is 12.6. The Hall–Kier alpha value is -3.82. The van der Waals surface area contributed by atoms with Crippen LogP contribution < -0.4 is 14.8 Å². The Labute approximate surface area is 145 Å². The van der Waals surface area contributed by atoms with Crippen molar-refractivity contribution in [1.82, 2.24) is 10.5 Å². The maximum atomic E-state index is 11.9. The van der Waals surface area contributed by atoms with Crippen LogP contribution in [-0.4, -0.2) is 22.8 Å². The fraction of sp³-hybridized carbons (Fsp3) is 0.125. The van der Waals surface area contributed by atoms with E-state index in [2.05, 4.69) is 10.5 Å². The van der Waals surface area contributed by atoms with Gasteiger partial charge in [-0.1, -0.05) is 5.16 Å². The van der Waals surface area contributed by atoms with Crippen LogP contribution in [0.1, 0.15) is 16.2 Å². The van der Waals surface area contributed by atoms with Gasteiger partial charge in [0.15, 0.2) is 23.0 Å². The van der Waals surface area contributed by atoms with Crippen molar-refractivity contribution in [3.8, 4) is 22.8 Å². The molecule has 2 aromatic heterocycles. The highest BCUT2D eigenvalue weighted by atomic mass is 16.7. The number of nitrogens with zero attached hydrogens (tertiary/aromatic N) is 2. The van der Waals surface area contributed by atoms with E-state index in [9.17, 15) is 14.9 Å². The molecule has 0 spiro atoms. The van der Waals surface area contributed by atoms with Crippen LogP contribution in [0.25, 0.3) is 11.3 Å².